The minimum absolute atomic E-state index is 0.174. The Morgan fingerprint density at radius 3 is 2.63 bits per heavy atom. The summed E-state index contributed by atoms with van der Waals surface area (Å²) in [6, 6.07) is 4.31. The maximum absolute atomic E-state index is 12.7. The zero-order valence-corrected chi connectivity index (χ0v) is 18.0. The van der Waals surface area contributed by atoms with Gasteiger partial charge >= 0.3 is 12.0 Å². The number of urea groups is 1. The zero-order valence-electron chi connectivity index (χ0n) is 17.1. The van der Waals surface area contributed by atoms with Crippen LogP contribution in [0.25, 0.3) is 0 Å². The van der Waals surface area contributed by atoms with E-state index in [0.29, 0.717) is 29.5 Å². The summed E-state index contributed by atoms with van der Waals surface area (Å²) in [4.78, 5) is 50.4. The number of carbonyl (C=O) groups is 4. The topological polar surface area (TPSA) is 114 Å². The van der Waals surface area contributed by atoms with Crippen LogP contribution in [-0.4, -0.2) is 54.3 Å². The van der Waals surface area contributed by atoms with Crippen LogP contribution in [0.5, 0.6) is 5.75 Å². The van der Waals surface area contributed by atoms with Crippen LogP contribution in [0.3, 0.4) is 0 Å². The lowest BCUT2D eigenvalue weighted by Gasteiger charge is -2.33. The summed E-state index contributed by atoms with van der Waals surface area (Å²) < 4.78 is 10.2. The van der Waals surface area contributed by atoms with Gasteiger partial charge in [-0.1, -0.05) is 6.92 Å². The molecule has 162 valence electrons. The summed E-state index contributed by atoms with van der Waals surface area (Å²) in [6.07, 6.45) is 4.61. The molecule has 0 radical (unpaired) electrons. The van der Waals surface area contributed by atoms with Gasteiger partial charge in [0.05, 0.1) is 7.11 Å². The van der Waals surface area contributed by atoms with Crippen LogP contribution in [0, 0.1) is 5.92 Å². The van der Waals surface area contributed by atoms with E-state index in [1.807, 2.05) is 6.26 Å². The van der Waals surface area contributed by atoms with E-state index in [4.69, 9.17) is 9.47 Å². The van der Waals surface area contributed by atoms with Crippen molar-refractivity contribution in [2.24, 2.45) is 5.92 Å². The number of thioether (sulfide) groups is 1. The molecular weight excluding hydrogens is 410 g/mol. The number of hydrogen-bond donors (Lipinski definition) is 2. The van der Waals surface area contributed by atoms with Crippen LogP contribution in [0.15, 0.2) is 23.1 Å². The van der Waals surface area contributed by atoms with Crippen LogP contribution < -0.4 is 15.5 Å². The summed E-state index contributed by atoms with van der Waals surface area (Å²) >= 11 is 1.49. The Bertz CT molecular complexity index is 866. The van der Waals surface area contributed by atoms with Gasteiger partial charge in [0, 0.05) is 4.90 Å². The molecule has 4 amide bonds. The summed E-state index contributed by atoms with van der Waals surface area (Å²) in [5.41, 5.74) is 1.45. The molecule has 10 heteroatoms. The van der Waals surface area contributed by atoms with E-state index in [-0.39, 0.29) is 5.56 Å². The smallest absolute Gasteiger partial charge is 0.344 e. The third-order valence-corrected chi connectivity index (χ3v) is 6.21. The highest BCUT2D eigenvalue weighted by Crippen LogP contribution is 2.35. The second-order valence-electron chi connectivity index (χ2n) is 7.51. The minimum Gasteiger partial charge on any atom is -0.496 e. The molecule has 1 spiro atoms. The fourth-order valence-electron chi connectivity index (χ4n) is 3.65. The first-order valence-corrected chi connectivity index (χ1v) is 10.9. The van der Waals surface area contributed by atoms with Gasteiger partial charge in [-0.15, -0.1) is 11.8 Å². The number of benzene rings is 1. The zero-order chi connectivity index (χ0) is 21.9. The molecule has 1 aromatic rings. The van der Waals surface area contributed by atoms with E-state index in [1.165, 1.54) is 18.9 Å². The Balaban J connectivity index is 1.58. The molecule has 1 aliphatic heterocycles. The number of hydrogen-bond acceptors (Lipinski definition) is 7. The van der Waals surface area contributed by atoms with Gasteiger partial charge in [-0.05, 0) is 56.1 Å². The number of rotatable bonds is 6. The molecular formula is C20H25N3O6S. The van der Waals surface area contributed by atoms with Gasteiger partial charge in [0.15, 0.2) is 6.61 Å². The molecule has 0 aromatic heterocycles. The minimum atomic E-state index is -0.958. The molecule has 9 nitrogen and oxygen atoms in total. The van der Waals surface area contributed by atoms with E-state index < -0.39 is 36.0 Å². The van der Waals surface area contributed by atoms with Crippen molar-refractivity contribution in [1.82, 2.24) is 15.8 Å². The lowest BCUT2D eigenvalue weighted by atomic mass is 9.77. The van der Waals surface area contributed by atoms with Gasteiger partial charge < -0.3 is 14.8 Å². The Kier molecular flexibility index (Phi) is 6.55. The molecule has 1 saturated carbocycles. The van der Waals surface area contributed by atoms with Crippen molar-refractivity contribution in [3.63, 3.8) is 0 Å². The molecule has 2 aliphatic rings. The fraction of sp³-hybridized carbons (Fsp3) is 0.500. The third-order valence-electron chi connectivity index (χ3n) is 5.49. The van der Waals surface area contributed by atoms with Crippen molar-refractivity contribution in [2.45, 2.75) is 43.0 Å². The second-order valence-corrected chi connectivity index (χ2v) is 8.39. The number of nitrogens with one attached hydrogen (secondary N) is 2. The standard InChI is InChI=1S/C20H25N3O6S/c1-12-6-8-20(9-7-12)18(26)23(19(27)21-20)22-16(24)11-29-17(25)14-5-4-13(30-3)10-15(14)28-2/h4-5,10,12H,6-9,11H2,1-3H3,(H,21,27)(H,22,24). The van der Waals surface area contributed by atoms with E-state index in [0.717, 1.165) is 17.7 Å². The number of esters is 1. The van der Waals surface area contributed by atoms with Crippen molar-refractivity contribution in [2.75, 3.05) is 20.0 Å². The monoisotopic (exact) mass is 435 g/mol. The van der Waals surface area contributed by atoms with E-state index in [2.05, 4.69) is 17.7 Å². The van der Waals surface area contributed by atoms with Crippen LogP contribution in [0.1, 0.15) is 43.0 Å². The summed E-state index contributed by atoms with van der Waals surface area (Å²) in [5.74, 6) is -1.19. The molecule has 30 heavy (non-hydrogen) atoms. The molecule has 0 unspecified atom stereocenters. The number of ether oxygens (including phenoxy) is 2. The van der Waals surface area contributed by atoms with Gasteiger partial charge in [0.2, 0.25) is 0 Å². The van der Waals surface area contributed by atoms with Crippen molar-refractivity contribution in [3.8, 4) is 5.75 Å². The normalized spacial score (nSPS) is 23.3. The fourth-order valence-corrected chi connectivity index (χ4v) is 4.08. The van der Waals surface area contributed by atoms with Crippen molar-refractivity contribution < 1.29 is 28.7 Å². The van der Waals surface area contributed by atoms with Crippen LogP contribution in [0.2, 0.25) is 0 Å². The van der Waals surface area contributed by atoms with Crippen LogP contribution in [0.4, 0.5) is 4.79 Å². The summed E-state index contributed by atoms with van der Waals surface area (Å²) in [7, 11) is 1.43. The molecule has 0 bridgehead atoms. The number of nitrogens with zero attached hydrogens (tertiary/aromatic N) is 1. The molecule has 1 aromatic carbocycles. The predicted molar refractivity (Wildman–Crippen MR) is 109 cm³/mol. The first-order chi connectivity index (χ1) is 14.3. The van der Waals surface area contributed by atoms with Crippen molar-refractivity contribution in [3.05, 3.63) is 23.8 Å². The summed E-state index contributed by atoms with van der Waals surface area (Å²) in [6.45, 7) is 1.46. The summed E-state index contributed by atoms with van der Waals surface area (Å²) in [5, 5.41) is 3.39. The number of amides is 4. The van der Waals surface area contributed by atoms with Crippen molar-refractivity contribution >= 4 is 35.6 Å². The van der Waals surface area contributed by atoms with Gasteiger partial charge in [-0.25, -0.2) is 9.59 Å². The maximum Gasteiger partial charge on any atom is 0.344 e. The predicted octanol–water partition coefficient (Wildman–Crippen LogP) is 2.11. The Labute approximate surface area is 178 Å². The molecule has 1 saturated heterocycles. The highest BCUT2D eigenvalue weighted by Gasteiger charge is 2.52. The average molecular weight is 436 g/mol. The van der Waals surface area contributed by atoms with E-state index >= 15 is 0 Å². The molecule has 1 heterocycles. The maximum atomic E-state index is 12.7. The van der Waals surface area contributed by atoms with Crippen LogP contribution in [-0.2, 0) is 14.3 Å². The third kappa shape index (κ3) is 4.38. The van der Waals surface area contributed by atoms with Gasteiger partial charge in [0.25, 0.3) is 11.8 Å². The average Bonchev–Trinajstić information content (AvgIpc) is 2.97. The van der Waals surface area contributed by atoms with Gasteiger partial charge in [-0.3, -0.25) is 15.0 Å². The van der Waals surface area contributed by atoms with Gasteiger partial charge in [-0.2, -0.15) is 5.01 Å². The highest BCUT2D eigenvalue weighted by molar-refractivity contribution is 7.98. The van der Waals surface area contributed by atoms with E-state index in [1.54, 1.807) is 18.2 Å². The number of hydrazine groups is 1. The van der Waals surface area contributed by atoms with E-state index in [9.17, 15) is 19.2 Å². The molecule has 0 atom stereocenters. The SMILES string of the molecule is COc1cc(SC)ccc1C(=O)OCC(=O)NN1C(=O)NC2(CCC(C)CC2)C1=O. The van der Waals surface area contributed by atoms with Crippen molar-refractivity contribution in [1.29, 1.82) is 0 Å². The largest absolute Gasteiger partial charge is 0.496 e. The quantitative estimate of drug-likeness (QED) is 0.400. The molecule has 2 fully saturated rings. The first kappa shape index (κ1) is 21.9. The number of carbonyl (C=O) groups excluding carboxylic acids is 4. The highest BCUT2D eigenvalue weighted by atomic mass is 32.2. The number of imide groups is 1. The first-order valence-electron chi connectivity index (χ1n) is 9.65. The Morgan fingerprint density at radius 2 is 2.00 bits per heavy atom. The lowest BCUT2D eigenvalue weighted by Crippen LogP contribution is -2.52. The number of methoxy groups -OCH3 is 1. The molecule has 3 rings (SSSR count). The lowest BCUT2D eigenvalue weighted by molar-refractivity contribution is -0.141. The van der Waals surface area contributed by atoms with Crippen LogP contribution >= 0.6 is 11.8 Å². The Hall–Kier alpha value is -2.75. The Morgan fingerprint density at radius 1 is 1.30 bits per heavy atom. The second kappa shape index (κ2) is 8.95. The molecule has 1 aliphatic carbocycles. The molecule has 2 N–H and O–H groups in total. The van der Waals surface area contributed by atoms with Gasteiger partial charge in [0.1, 0.15) is 16.9 Å².